The minimum Gasteiger partial charge on any atom is -0.387 e. The maximum atomic E-state index is 13.8. The molecule has 2 atom stereocenters. The summed E-state index contributed by atoms with van der Waals surface area (Å²) in [7, 11) is 0. The number of nitrogens with zero attached hydrogens (tertiary/aromatic N) is 3. The third kappa shape index (κ3) is 3.26. The van der Waals surface area contributed by atoms with Crippen LogP contribution in [0.2, 0.25) is 0 Å². The zero-order valence-electron chi connectivity index (χ0n) is 12.7. The quantitative estimate of drug-likeness (QED) is 0.852. The molecule has 1 aliphatic heterocycles. The molecule has 24 heavy (non-hydrogen) atoms. The van der Waals surface area contributed by atoms with Crippen molar-refractivity contribution in [2.24, 2.45) is 5.73 Å². The Morgan fingerprint density at radius 1 is 1.50 bits per heavy atom. The van der Waals surface area contributed by atoms with Crippen LogP contribution in [0.25, 0.3) is 0 Å². The third-order valence-electron chi connectivity index (χ3n) is 4.04. The van der Waals surface area contributed by atoms with E-state index in [4.69, 9.17) is 10.3 Å². The largest absolute Gasteiger partial charge is 0.387 e. The monoisotopic (exact) mass is 338 g/mol. The zero-order valence-corrected chi connectivity index (χ0v) is 12.7. The topological polar surface area (TPSA) is 105 Å². The second-order valence-corrected chi connectivity index (χ2v) is 5.66. The highest BCUT2D eigenvalue weighted by atomic mass is 19.1. The summed E-state index contributed by atoms with van der Waals surface area (Å²) < 4.78 is 31.8. The van der Waals surface area contributed by atoms with Crippen LogP contribution in [0.1, 0.15) is 47.1 Å². The Morgan fingerprint density at radius 3 is 2.96 bits per heavy atom. The number of carbonyl (C=O) groups excluding carboxylic acids is 1. The SMILES string of the molecule is NC(=O)c1noc([C@H]2CCCN2C[C@@H](O)c2ccc(F)cc2F)n1. The first-order valence-electron chi connectivity index (χ1n) is 7.46. The van der Waals surface area contributed by atoms with Gasteiger partial charge in [0.05, 0.1) is 12.1 Å². The number of benzene rings is 1. The normalized spacial score (nSPS) is 19.5. The molecule has 3 N–H and O–H groups in total. The fourth-order valence-corrected chi connectivity index (χ4v) is 2.89. The van der Waals surface area contributed by atoms with Gasteiger partial charge in [0.2, 0.25) is 5.89 Å². The number of primary amides is 1. The van der Waals surface area contributed by atoms with E-state index in [1.54, 1.807) is 0 Å². The Hall–Kier alpha value is -2.39. The van der Waals surface area contributed by atoms with Gasteiger partial charge in [-0.1, -0.05) is 11.2 Å². The van der Waals surface area contributed by atoms with Crippen molar-refractivity contribution in [1.82, 2.24) is 15.0 Å². The lowest BCUT2D eigenvalue weighted by molar-refractivity contribution is 0.0942. The first-order chi connectivity index (χ1) is 11.5. The van der Waals surface area contributed by atoms with Gasteiger partial charge in [-0.15, -0.1) is 0 Å². The molecule has 3 rings (SSSR count). The molecule has 0 bridgehead atoms. The van der Waals surface area contributed by atoms with Crippen LogP contribution in [0, 0.1) is 11.6 Å². The molecule has 2 heterocycles. The van der Waals surface area contributed by atoms with Gasteiger partial charge in [0, 0.05) is 18.2 Å². The molecule has 0 aliphatic carbocycles. The maximum Gasteiger partial charge on any atom is 0.290 e. The van der Waals surface area contributed by atoms with Gasteiger partial charge in [0.15, 0.2) is 0 Å². The first kappa shape index (κ1) is 16.5. The van der Waals surface area contributed by atoms with Crippen LogP contribution in [-0.4, -0.2) is 39.1 Å². The van der Waals surface area contributed by atoms with E-state index in [0.717, 1.165) is 18.6 Å². The van der Waals surface area contributed by atoms with E-state index in [-0.39, 0.29) is 29.9 Å². The molecule has 2 aromatic rings. The summed E-state index contributed by atoms with van der Waals surface area (Å²) in [5, 5.41) is 13.8. The highest BCUT2D eigenvalue weighted by molar-refractivity contribution is 5.88. The van der Waals surface area contributed by atoms with Gasteiger partial charge in [-0.05, 0) is 25.5 Å². The Morgan fingerprint density at radius 2 is 2.29 bits per heavy atom. The van der Waals surface area contributed by atoms with Crippen molar-refractivity contribution in [3.05, 3.63) is 47.1 Å². The number of aromatic nitrogens is 2. The average Bonchev–Trinajstić information content (AvgIpc) is 3.15. The molecular weight excluding hydrogens is 322 g/mol. The van der Waals surface area contributed by atoms with E-state index >= 15 is 0 Å². The maximum absolute atomic E-state index is 13.8. The highest BCUT2D eigenvalue weighted by Crippen LogP contribution is 2.32. The molecule has 0 saturated carbocycles. The lowest BCUT2D eigenvalue weighted by Gasteiger charge is -2.24. The van der Waals surface area contributed by atoms with Crippen molar-refractivity contribution in [2.75, 3.05) is 13.1 Å². The smallest absolute Gasteiger partial charge is 0.290 e. The van der Waals surface area contributed by atoms with Crippen molar-refractivity contribution in [3.8, 4) is 0 Å². The van der Waals surface area contributed by atoms with Crippen LogP contribution >= 0.6 is 0 Å². The molecule has 1 aromatic carbocycles. The predicted octanol–water partition coefficient (Wildman–Crippen LogP) is 1.32. The zero-order chi connectivity index (χ0) is 17.3. The first-order valence-corrected chi connectivity index (χ1v) is 7.46. The highest BCUT2D eigenvalue weighted by Gasteiger charge is 2.33. The summed E-state index contributed by atoms with van der Waals surface area (Å²) >= 11 is 0. The Balaban J connectivity index is 1.74. The number of amides is 1. The standard InChI is InChI=1S/C15H16F2N4O3/c16-8-3-4-9(10(17)6-8)12(22)7-21-5-1-2-11(21)15-19-14(13(18)23)20-24-15/h3-4,6,11-12,22H,1-2,5,7H2,(H2,18,23)/t11-,12-/m1/s1. The number of nitrogens with two attached hydrogens (primary N) is 1. The van der Waals surface area contributed by atoms with Crippen molar-refractivity contribution in [2.45, 2.75) is 25.0 Å². The van der Waals surface area contributed by atoms with Gasteiger partial charge in [0.1, 0.15) is 11.6 Å². The van der Waals surface area contributed by atoms with E-state index in [9.17, 15) is 18.7 Å². The molecule has 128 valence electrons. The number of carbonyl (C=O) groups is 1. The summed E-state index contributed by atoms with van der Waals surface area (Å²) in [6.45, 7) is 0.750. The number of likely N-dealkylation sites (tertiary alicyclic amines) is 1. The predicted molar refractivity (Wildman–Crippen MR) is 77.7 cm³/mol. The van der Waals surface area contributed by atoms with Crippen LogP contribution < -0.4 is 5.73 Å². The number of halogens is 2. The summed E-state index contributed by atoms with van der Waals surface area (Å²) in [6, 6.07) is 2.76. The fraction of sp³-hybridized carbons (Fsp3) is 0.400. The van der Waals surface area contributed by atoms with E-state index < -0.39 is 23.6 Å². The van der Waals surface area contributed by atoms with Crippen molar-refractivity contribution < 1.29 is 23.2 Å². The minimum absolute atomic E-state index is 0.0189. The minimum atomic E-state index is -1.13. The number of rotatable bonds is 5. The molecule has 1 amide bonds. The number of aliphatic hydroxyl groups is 1. The van der Waals surface area contributed by atoms with Gasteiger partial charge in [-0.3, -0.25) is 9.69 Å². The van der Waals surface area contributed by atoms with Crippen LogP contribution in [0.3, 0.4) is 0 Å². The third-order valence-corrected chi connectivity index (χ3v) is 4.04. The van der Waals surface area contributed by atoms with E-state index in [1.165, 1.54) is 6.07 Å². The summed E-state index contributed by atoms with van der Waals surface area (Å²) in [6.07, 6.45) is 0.376. The Kier molecular flexibility index (Phi) is 4.54. The molecule has 0 spiro atoms. The van der Waals surface area contributed by atoms with Crippen molar-refractivity contribution in [1.29, 1.82) is 0 Å². The van der Waals surface area contributed by atoms with Crippen LogP contribution in [0.4, 0.5) is 8.78 Å². The molecule has 0 unspecified atom stereocenters. The van der Waals surface area contributed by atoms with Gasteiger partial charge in [0.25, 0.3) is 11.7 Å². The number of β-amino-alcohol motifs (C(OH)–C–C–N with tert-alkyl or cyclic N) is 1. The number of hydrogen-bond donors (Lipinski definition) is 2. The van der Waals surface area contributed by atoms with E-state index in [1.807, 2.05) is 4.90 Å². The molecule has 1 aromatic heterocycles. The van der Waals surface area contributed by atoms with Crippen LogP contribution in [-0.2, 0) is 0 Å². The van der Waals surface area contributed by atoms with Gasteiger partial charge in [-0.2, -0.15) is 4.98 Å². The Labute approximate surface area is 136 Å². The number of hydrogen-bond acceptors (Lipinski definition) is 6. The lowest BCUT2D eigenvalue weighted by atomic mass is 10.1. The molecule has 1 aliphatic rings. The number of aliphatic hydroxyl groups excluding tert-OH is 1. The average molecular weight is 338 g/mol. The van der Waals surface area contributed by atoms with Gasteiger partial charge < -0.3 is 15.4 Å². The molecule has 9 heteroatoms. The molecule has 1 fully saturated rings. The lowest BCUT2D eigenvalue weighted by Crippen LogP contribution is -2.29. The van der Waals surface area contributed by atoms with Crippen LogP contribution in [0.15, 0.2) is 22.7 Å². The second kappa shape index (κ2) is 6.62. The van der Waals surface area contributed by atoms with Gasteiger partial charge >= 0.3 is 0 Å². The summed E-state index contributed by atoms with van der Waals surface area (Å²) in [5.74, 6) is -2.27. The summed E-state index contributed by atoms with van der Waals surface area (Å²) in [4.78, 5) is 16.9. The van der Waals surface area contributed by atoms with Crippen LogP contribution in [0.5, 0.6) is 0 Å². The van der Waals surface area contributed by atoms with E-state index in [2.05, 4.69) is 10.1 Å². The van der Waals surface area contributed by atoms with Gasteiger partial charge in [-0.25, -0.2) is 8.78 Å². The molecule has 1 saturated heterocycles. The molecule has 7 nitrogen and oxygen atoms in total. The molecular formula is C15H16F2N4O3. The van der Waals surface area contributed by atoms with E-state index in [0.29, 0.717) is 13.0 Å². The Bertz CT molecular complexity index is 752. The van der Waals surface area contributed by atoms with Crippen molar-refractivity contribution in [3.63, 3.8) is 0 Å². The fourth-order valence-electron chi connectivity index (χ4n) is 2.89. The second-order valence-electron chi connectivity index (χ2n) is 5.66. The van der Waals surface area contributed by atoms with Crippen molar-refractivity contribution >= 4 is 5.91 Å². The molecule has 0 radical (unpaired) electrons. The summed E-state index contributed by atoms with van der Waals surface area (Å²) in [5.41, 5.74) is 5.12.